The topological polar surface area (TPSA) is 77.4 Å². The van der Waals surface area contributed by atoms with Crippen LogP contribution in [-0.2, 0) is 40.2 Å². The molecular weight excluding hydrogens is 542 g/mol. The number of nitrogens with one attached hydrogen (secondary N) is 2. The van der Waals surface area contributed by atoms with Crippen LogP contribution in [0.2, 0.25) is 0 Å². The third-order valence-electron chi connectivity index (χ3n) is 8.67. The molecule has 0 amide bonds. The molecule has 0 radical (unpaired) electrons. The van der Waals surface area contributed by atoms with Crippen LogP contribution in [0.5, 0.6) is 11.5 Å². The molecule has 0 aliphatic rings. The molecule has 0 unspecified atom stereocenters. The van der Waals surface area contributed by atoms with E-state index in [2.05, 4.69) is 131 Å². The first-order valence-corrected chi connectivity index (χ1v) is 16.1. The van der Waals surface area contributed by atoms with Gasteiger partial charge in [0.2, 0.25) is 0 Å². The van der Waals surface area contributed by atoms with Gasteiger partial charge in [-0.3, -0.25) is 4.98 Å². The Morgan fingerprint density at radius 3 is 1.30 bits per heavy atom. The quantitative estimate of drug-likeness (QED) is 0.198. The molecule has 0 aliphatic carbocycles. The van der Waals surface area contributed by atoms with Crippen LogP contribution in [0.3, 0.4) is 0 Å². The van der Waals surface area contributed by atoms with E-state index in [0.29, 0.717) is 37.7 Å². The number of hydrogen-bond donors (Lipinski definition) is 4. The first-order chi connectivity index (χ1) is 20.0. The summed E-state index contributed by atoms with van der Waals surface area (Å²) in [6, 6.07) is 14.7. The van der Waals surface area contributed by atoms with Gasteiger partial charge in [0.25, 0.3) is 0 Å². The normalized spacial score (nSPS) is 13.4. The Kier molecular flexibility index (Phi) is 10.4. The number of phenolic OH excluding ortho intramolecular Hbond substituents is 2. The maximum absolute atomic E-state index is 11.3. The summed E-state index contributed by atoms with van der Waals surface area (Å²) >= 11 is 0. The van der Waals surface area contributed by atoms with Crippen LogP contribution < -0.4 is 10.6 Å². The molecule has 0 atom stereocenters. The van der Waals surface area contributed by atoms with Gasteiger partial charge in [-0.2, -0.15) is 0 Å². The van der Waals surface area contributed by atoms with Gasteiger partial charge in [0, 0.05) is 54.6 Å². The van der Waals surface area contributed by atoms with E-state index >= 15 is 0 Å². The van der Waals surface area contributed by atoms with Crippen molar-refractivity contribution in [3.05, 3.63) is 87.7 Å². The molecule has 3 rings (SSSR count). The molecule has 0 bridgehead atoms. The van der Waals surface area contributed by atoms with Crippen molar-refractivity contribution in [2.24, 2.45) is 0 Å². The Morgan fingerprint density at radius 1 is 0.568 bits per heavy atom. The van der Waals surface area contributed by atoms with E-state index < -0.39 is 0 Å². The van der Waals surface area contributed by atoms with Crippen molar-refractivity contribution in [1.82, 2.24) is 15.6 Å². The summed E-state index contributed by atoms with van der Waals surface area (Å²) in [5, 5.41) is 30.0. The van der Waals surface area contributed by atoms with Gasteiger partial charge in [-0.15, -0.1) is 0 Å². The molecule has 44 heavy (non-hydrogen) atoms. The standard InChI is InChI=1S/C39H59N3O2/c1-35(2,3)28-18-26(33(43)30(20-28)37(7,8)9)22-40-24-39(13,32-16-14-15-17-42-32)25-41-23-27-19-29(36(4,5)6)21-31(34(27)44)38(10,11)12/h14-21,40-41,43-44H,22-25H2,1-13H3. The van der Waals surface area contributed by atoms with Gasteiger partial charge in [0.05, 0.1) is 0 Å². The number of aromatic nitrogens is 1. The number of hydrogen-bond acceptors (Lipinski definition) is 5. The largest absolute Gasteiger partial charge is 0.507 e. The predicted octanol–water partition coefficient (Wildman–Crippen LogP) is 8.52. The van der Waals surface area contributed by atoms with E-state index in [1.165, 1.54) is 11.1 Å². The highest BCUT2D eigenvalue weighted by Crippen LogP contribution is 2.39. The highest BCUT2D eigenvalue weighted by molar-refractivity contribution is 5.50. The summed E-state index contributed by atoms with van der Waals surface area (Å²) in [6.07, 6.45) is 1.84. The summed E-state index contributed by atoms with van der Waals surface area (Å²) in [6.45, 7) is 30.8. The Labute approximate surface area is 267 Å². The van der Waals surface area contributed by atoms with Crippen LogP contribution >= 0.6 is 0 Å². The van der Waals surface area contributed by atoms with Crippen molar-refractivity contribution in [3.8, 4) is 11.5 Å². The second-order valence-corrected chi connectivity index (χ2v) is 17.0. The van der Waals surface area contributed by atoms with Gasteiger partial charge in [0.15, 0.2) is 0 Å². The van der Waals surface area contributed by atoms with E-state index in [9.17, 15) is 10.2 Å². The Bertz CT molecular complexity index is 1330. The molecule has 0 saturated carbocycles. The van der Waals surface area contributed by atoms with Crippen LogP contribution in [0.4, 0.5) is 0 Å². The zero-order valence-electron chi connectivity index (χ0n) is 29.8. The average Bonchev–Trinajstić information content (AvgIpc) is 2.88. The fourth-order valence-corrected chi connectivity index (χ4v) is 5.58. The number of nitrogens with zero attached hydrogens (tertiary/aromatic N) is 1. The zero-order chi connectivity index (χ0) is 33.3. The molecule has 4 N–H and O–H groups in total. The number of phenols is 2. The highest BCUT2D eigenvalue weighted by atomic mass is 16.3. The Balaban J connectivity index is 1.88. The minimum Gasteiger partial charge on any atom is -0.507 e. The second-order valence-electron chi connectivity index (χ2n) is 17.0. The molecule has 0 aliphatic heterocycles. The van der Waals surface area contributed by atoms with Crippen LogP contribution in [-0.4, -0.2) is 28.3 Å². The monoisotopic (exact) mass is 601 g/mol. The predicted molar refractivity (Wildman–Crippen MR) is 186 cm³/mol. The SMILES string of the molecule is CC(C)(C)c1cc(CNCC(C)(CNCc2cc(C(C)(C)C)cc(C(C)(C)C)c2O)c2ccccn2)c(O)c(C(C)(C)C)c1. The van der Waals surface area contributed by atoms with Crippen LogP contribution in [0.1, 0.15) is 129 Å². The third-order valence-corrected chi connectivity index (χ3v) is 8.67. The van der Waals surface area contributed by atoms with Crippen LogP contribution in [0.15, 0.2) is 48.7 Å². The maximum atomic E-state index is 11.3. The van der Waals surface area contributed by atoms with E-state index in [1.54, 1.807) is 0 Å². The molecule has 2 aromatic carbocycles. The van der Waals surface area contributed by atoms with Gasteiger partial charge in [0.1, 0.15) is 11.5 Å². The van der Waals surface area contributed by atoms with Crippen molar-refractivity contribution in [2.75, 3.05) is 13.1 Å². The molecule has 3 aromatic rings. The molecule has 5 heteroatoms. The molecule has 5 nitrogen and oxygen atoms in total. The molecule has 0 saturated heterocycles. The van der Waals surface area contributed by atoms with Crippen LogP contribution in [0, 0.1) is 0 Å². The second kappa shape index (κ2) is 12.8. The summed E-state index contributed by atoms with van der Waals surface area (Å²) < 4.78 is 0. The summed E-state index contributed by atoms with van der Waals surface area (Å²) in [5.41, 5.74) is 6.47. The smallest absolute Gasteiger partial charge is 0.123 e. The average molecular weight is 602 g/mol. The third kappa shape index (κ3) is 8.63. The molecule has 1 aromatic heterocycles. The maximum Gasteiger partial charge on any atom is 0.123 e. The number of benzene rings is 2. The van der Waals surface area contributed by atoms with Crippen LogP contribution in [0.25, 0.3) is 0 Å². The van der Waals surface area contributed by atoms with Gasteiger partial charge in [-0.25, -0.2) is 0 Å². The van der Waals surface area contributed by atoms with E-state index in [4.69, 9.17) is 4.98 Å². The van der Waals surface area contributed by atoms with Gasteiger partial charge in [-0.05, 0) is 56.0 Å². The lowest BCUT2D eigenvalue weighted by Crippen LogP contribution is -2.44. The summed E-state index contributed by atoms with van der Waals surface area (Å²) in [5.74, 6) is 0.749. The molecule has 0 fully saturated rings. The van der Waals surface area contributed by atoms with Crippen molar-refractivity contribution in [2.45, 2.75) is 130 Å². The van der Waals surface area contributed by atoms with Crippen molar-refractivity contribution in [3.63, 3.8) is 0 Å². The minimum atomic E-state index is -0.338. The Hall–Kier alpha value is -2.89. The summed E-state index contributed by atoms with van der Waals surface area (Å²) in [7, 11) is 0. The number of pyridine rings is 1. The highest BCUT2D eigenvalue weighted by Gasteiger charge is 2.30. The summed E-state index contributed by atoms with van der Waals surface area (Å²) in [4.78, 5) is 4.74. The van der Waals surface area contributed by atoms with Crippen molar-refractivity contribution in [1.29, 1.82) is 0 Å². The Morgan fingerprint density at radius 2 is 0.977 bits per heavy atom. The fourth-order valence-electron chi connectivity index (χ4n) is 5.58. The first-order valence-electron chi connectivity index (χ1n) is 16.1. The lowest BCUT2D eigenvalue weighted by atomic mass is 9.78. The van der Waals surface area contributed by atoms with Crippen molar-refractivity contribution >= 4 is 0 Å². The first kappa shape index (κ1) is 35.6. The lowest BCUT2D eigenvalue weighted by molar-refractivity contribution is 0.381. The van der Waals surface area contributed by atoms with E-state index in [1.807, 2.05) is 18.3 Å². The molecule has 1 heterocycles. The fraction of sp³-hybridized carbons (Fsp3) is 0.564. The number of rotatable bonds is 9. The lowest BCUT2D eigenvalue weighted by Gasteiger charge is -2.31. The zero-order valence-corrected chi connectivity index (χ0v) is 29.8. The minimum absolute atomic E-state index is 0.0302. The van der Waals surface area contributed by atoms with Crippen molar-refractivity contribution < 1.29 is 10.2 Å². The van der Waals surface area contributed by atoms with E-state index in [0.717, 1.165) is 27.9 Å². The molecule has 0 spiro atoms. The molecule has 242 valence electrons. The molecular formula is C39H59N3O2. The van der Waals surface area contributed by atoms with Gasteiger partial charge in [-0.1, -0.05) is 120 Å². The van der Waals surface area contributed by atoms with E-state index in [-0.39, 0.29) is 27.1 Å². The van der Waals surface area contributed by atoms with Gasteiger partial charge >= 0.3 is 0 Å². The number of aromatic hydroxyl groups is 2. The van der Waals surface area contributed by atoms with Gasteiger partial charge < -0.3 is 20.8 Å².